The van der Waals surface area contributed by atoms with Crippen molar-refractivity contribution >= 4 is 15.9 Å². The topological polar surface area (TPSA) is 47.7 Å². The number of methoxy groups -OCH3 is 2. The lowest BCUT2D eigenvalue weighted by atomic mass is 9.99. The second-order valence-corrected chi connectivity index (χ2v) is 5.79. The summed E-state index contributed by atoms with van der Waals surface area (Å²) >= 11 is 3.65. The molecule has 5 heteroatoms. The van der Waals surface area contributed by atoms with Gasteiger partial charge in [0.15, 0.2) is 11.5 Å². The lowest BCUT2D eigenvalue weighted by Crippen LogP contribution is -2.20. The normalized spacial score (nSPS) is 23.6. The quantitative estimate of drug-likeness (QED) is 0.922. The standard InChI is InChI=1S/C14H21BrN2O2/c1-17-8-9(7-16)6-11(17)10-4-5-12(18-2)14(19-3)13(10)15/h4-5,9,11H,6-8,16H2,1-3H3. The van der Waals surface area contributed by atoms with Crippen molar-refractivity contribution in [2.75, 3.05) is 34.4 Å². The summed E-state index contributed by atoms with van der Waals surface area (Å²) in [6.45, 7) is 1.79. The summed E-state index contributed by atoms with van der Waals surface area (Å²) in [4.78, 5) is 2.35. The Labute approximate surface area is 123 Å². The molecule has 0 saturated carbocycles. The second-order valence-electron chi connectivity index (χ2n) is 5.00. The maximum atomic E-state index is 5.79. The Morgan fingerprint density at radius 3 is 2.63 bits per heavy atom. The van der Waals surface area contributed by atoms with Gasteiger partial charge >= 0.3 is 0 Å². The second kappa shape index (κ2) is 6.11. The third kappa shape index (κ3) is 2.73. The Balaban J connectivity index is 2.35. The molecule has 1 aliphatic rings. The molecule has 1 aromatic carbocycles. The van der Waals surface area contributed by atoms with Crippen molar-refractivity contribution in [3.63, 3.8) is 0 Å². The highest BCUT2D eigenvalue weighted by atomic mass is 79.9. The SMILES string of the molecule is COc1ccc(C2CC(CN)CN2C)c(Br)c1OC. The molecule has 2 unspecified atom stereocenters. The van der Waals surface area contributed by atoms with E-state index in [1.807, 2.05) is 6.07 Å². The van der Waals surface area contributed by atoms with Crippen molar-refractivity contribution in [1.82, 2.24) is 4.90 Å². The van der Waals surface area contributed by atoms with Crippen LogP contribution in [0.15, 0.2) is 16.6 Å². The molecule has 0 aromatic heterocycles. The molecule has 1 aliphatic heterocycles. The van der Waals surface area contributed by atoms with Crippen molar-refractivity contribution in [2.24, 2.45) is 11.7 Å². The molecule has 0 amide bonds. The Morgan fingerprint density at radius 1 is 1.37 bits per heavy atom. The first-order valence-electron chi connectivity index (χ1n) is 6.43. The van der Waals surface area contributed by atoms with Gasteiger partial charge in [0.25, 0.3) is 0 Å². The fourth-order valence-corrected chi connectivity index (χ4v) is 3.56. The highest BCUT2D eigenvalue weighted by molar-refractivity contribution is 9.10. The smallest absolute Gasteiger partial charge is 0.175 e. The summed E-state index contributed by atoms with van der Waals surface area (Å²) in [5, 5.41) is 0. The Morgan fingerprint density at radius 2 is 2.11 bits per heavy atom. The predicted molar refractivity (Wildman–Crippen MR) is 79.8 cm³/mol. The minimum Gasteiger partial charge on any atom is -0.493 e. The van der Waals surface area contributed by atoms with Crippen LogP contribution in [-0.4, -0.2) is 39.3 Å². The number of halogens is 1. The Hall–Kier alpha value is -0.780. The molecule has 1 fully saturated rings. The minimum atomic E-state index is 0.378. The van der Waals surface area contributed by atoms with Crippen molar-refractivity contribution in [1.29, 1.82) is 0 Å². The molecule has 2 rings (SSSR count). The predicted octanol–water partition coefficient (Wildman–Crippen LogP) is 2.42. The van der Waals surface area contributed by atoms with Gasteiger partial charge in [0.1, 0.15) is 0 Å². The molecule has 1 saturated heterocycles. The van der Waals surface area contributed by atoms with Crippen LogP contribution < -0.4 is 15.2 Å². The number of rotatable bonds is 4. The van der Waals surface area contributed by atoms with E-state index in [-0.39, 0.29) is 0 Å². The van der Waals surface area contributed by atoms with Gasteiger partial charge in [0.2, 0.25) is 0 Å². The molecule has 4 nitrogen and oxygen atoms in total. The number of nitrogens with two attached hydrogens (primary N) is 1. The van der Waals surface area contributed by atoms with E-state index in [9.17, 15) is 0 Å². The molecule has 0 bridgehead atoms. The minimum absolute atomic E-state index is 0.378. The van der Waals surface area contributed by atoms with Crippen LogP contribution in [0.5, 0.6) is 11.5 Å². The average molecular weight is 329 g/mol. The molecule has 19 heavy (non-hydrogen) atoms. The van der Waals surface area contributed by atoms with Gasteiger partial charge in [-0.05, 0) is 53.5 Å². The van der Waals surface area contributed by atoms with Gasteiger partial charge in [0.05, 0.1) is 18.7 Å². The maximum Gasteiger partial charge on any atom is 0.175 e. The molecule has 1 heterocycles. The largest absolute Gasteiger partial charge is 0.493 e. The molecule has 0 radical (unpaired) electrons. The molecular weight excluding hydrogens is 308 g/mol. The van der Waals surface area contributed by atoms with E-state index in [1.165, 1.54) is 5.56 Å². The van der Waals surface area contributed by atoms with E-state index in [0.29, 0.717) is 12.0 Å². The van der Waals surface area contributed by atoms with E-state index in [2.05, 4.69) is 33.9 Å². The van der Waals surface area contributed by atoms with E-state index in [1.54, 1.807) is 14.2 Å². The summed E-state index contributed by atoms with van der Waals surface area (Å²) in [6, 6.07) is 4.44. The van der Waals surface area contributed by atoms with Crippen LogP contribution in [0.25, 0.3) is 0 Å². The first kappa shape index (κ1) is 14.6. The molecule has 2 atom stereocenters. The monoisotopic (exact) mass is 328 g/mol. The van der Waals surface area contributed by atoms with E-state index in [0.717, 1.165) is 35.5 Å². The molecular formula is C14H21BrN2O2. The number of nitrogens with zero attached hydrogens (tertiary/aromatic N) is 1. The molecule has 0 aliphatic carbocycles. The summed E-state index contributed by atoms with van der Waals surface area (Å²) in [6.07, 6.45) is 1.08. The Bertz CT molecular complexity index is 453. The van der Waals surface area contributed by atoms with Crippen LogP contribution in [0.2, 0.25) is 0 Å². The lowest BCUT2D eigenvalue weighted by molar-refractivity contribution is 0.309. The van der Waals surface area contributed by atoms with Gasteiger partial charge in [-0.3, -0.25) is 4.90 Å². The van der Waals surface area contributed by atoms with Gasteiger partial charge in [-0.15, -0.1) is 0 Å². The maximum absolute atomic E-state index is 5.79. The zero-order chi connectivity index (χ0) is 14.0. The molecule has 0 spiro atoms. The number of likely N-dealkylation sites (tertiary alicyclic amines) is 1. The first-order chi connectivity index (χ1) is 9.12. The zero-order valence-corrected chi connectivity index (χ0v) is 13.2. The summed E-state index contributed by atoms with van der Waals surface area (Å²) in [5.74, 6) is 2.06. The number of ether oxygens (including phenoxy) is 2. The van der Waals surface area contributed by atoms with Crippen molar-refractivity contribution in [2.45, 2.75) is 12.5 Å². The molecule has 1 aromatic rings. The van der Waals surface area contributed by atoms with Gasteiger partial charge in [-0.25, -0.2) is 0 Å². The Kier molecular flexibility index (Phi) is 4.71. The van der Waals surface area contributed by atoms with Gasteiger partial charge in [0, 0.05) is 12.6 Å². The van der Waals surface area contributed by atoms with Gasteiger partial charge in [-0.2, -0.15) is 0 Å². The fraction of sp³-hybridized carbons (Fsp3) is 0.571. The summed E-state index contributed by atoms with van der Waals surface area (Å²) in [5.41, 5.74) is 7.03. The van der Waals surface area contributed by atoms with Gasteiger partial charge < -0.3 is 15.2 Å². The number of hydrogen-bond acceptors (Lipinski definition) is 4. The zero-order valence-electron chi connectivity index (χ0n) is 11.6. The molecule has 106 valence electrons. The van der Waals surface area contributed by atoms with Crippen molar-refractivity contribution in [3.05, 3.63) is 22.2 Å². The number of hydrogen-bond donors (Lipinski definition) is 1. The lowest BCUT2D eigenvalue weighted by Gasteiger charge is -2.22. The number of benzene rings is 1. The first-order valence-corrected chi connectivity index (χ1v) is 7.22. The summed E-state index contributed by atoms with van der Waals surface area (Å²) < 4.78 is 11.7. The van der Waals surface area contributed by atoms with Crippen LogP contribution in [0, 0.1) is 5.92 Å². The van der Waals surface area contributed by atoms with Crippen LogP contribution >= 0.6 is 15.9 Å². The van der Waals surface area contributed by atoms with E-state index >= 15 is 0 Å². The van der Waals surface area contributed by atoms with Gasteiger partial charge in [-0.1, -0.05) is 6.07 Å². The van der Waals surface area contributed by atoms with Crippen LogP contribution in [0.3, 0.4) is 0 Å². The highest BCUT2D eigenvalue weighted by Crippen LogP contribution is 2.44. The van der Waals surface area contributed by atoms with Crippen molar-refractivity contribution < 1.29 is 9.47 Å². The highest BCUT2D eigenvalue weighted by Gasteiger charge is 2.32. The van der Waals surface area contributed by atoms with Crippen LogP contribution in [0.4, 0.5) is 0 Å². The average Bonchev–Trinajstić information content (AvgIpc) is 2.79. The van der Waals surface area contributed by atoms with Crippen molar-refractivity contribution in [3.8, 4) is 11.5 Å². The molecule has 2 N–H and O–H groups in total. The van der Waals surface area contributed by atoms with Crippen LogP contribution in [-0.2, 0) is 0 Å². The van der Waals surface area contributed by atoms with E-state index in [4.69, 9.17) is 15.2 Å². The van der Waals surface area contributed by atoms with Crippen LogP contribution in [0.1, 0.15) is 18.0 Å². The fourth-order valence-electron chi connectivity index (χ4n) is 2.80. The third-order valence-electron chi connectivity index (χ3n) is 3.84. The van der Waals surface area contributed by atoms with E-state index < -0.39 is 0 Å². The third-order valence-corrected chi connectivity index (χ3v) is 4.66. The summed E-state index contributed by atoms with van der Waals surface area (Å²) in [7, 11) is 5.45.